The number of aliphatic hydroxyl groups excluding tert-OH is 1. The van der Waals surface area contributed by atoms with Crippen molar-refractivity contribution < 1.29 is 19.0 Å². The molecule has 1 N–H and O–H groups in total. The van der Waals surface area contributed by atoms with E-state index in [9.17, 15) is 9.18 Å². The van der Waals surface area contributed by atoms with E-state index in [1.807, 2.05) is 0 Å². The lowest BCUT2D eigenvalue weighted by Crippen LogP contribution is -2.09. The summed E-state index contributed by atoms with van der Waals surface area (Å²) in [6, 6.07) is 3.59. The zero-order valence-corrected chi connectivity index (χ0v) is 7.95. The fourth-order valence-corrected chi connectivity index (χ4v) is 1.22. The van der Waals surface area contributed by atoms with Crippen molar-refractivity contribution >= 4 is 5.97 Å². The number of nitriles is 1. The summed E-state index contributed by atoms with van der Waals surface area (Å²) >= 11 is 0. The Morgan fingerprint density at radius 3 is 2.80 bits per heavy atom. The number of methoxy groups -OCH3 is 1. The third-order valence-corrected chi connectivity index (χ3v) is 1.87. The van der Waals surface area contributed by atoms with Crippen LogP contribution in [-0.2, 0) is 11.3 Å². The van der Waals surface area contributed by atoms with Crippen LogP contribution in [0, 0.1) is 17.1 Å². The van der Waals surface area contributed by atoms with E-state index in [1.54, 1.807) is 6.07 Å². The summed E-state index contributed by atoms with van der Waals surface area (Å²) in [4.78, 5) is 11.3. The maximum atomic E-state index is 12.9. The van der Waals surface area contributed by atoms with E-state index in [-0.39, 0.29) is 16.7 Å². The third-order valence-electron chi connectivity index (χ3n) is 1.87. The van der Waals surface area contributed by atoms with Crippen LogP contribution in [0.1, 0.15) is 21.5 Å². The predicted octanol–water partition coefficient (Wildman–Crippen LogP) is 0.976. The smallest absolute Gasteiger partial charge is 0.339 e. The zero-order valence-electron chi connectivity index (χ0n) is 7.95. The van der Waals surface area contributed by atoms with Crippen molar-refractivity contribution in [3.05, 3.63) is 34.6 Å². The van der Waals surface area contributed by atoms with Gasteiger partial charge in [-0.25, -0.2) is 9.18 Å². The summed E-state index contributed by atoms with van der Waals surface area (Å²) in [7, 11) is 1.15. The number of aliphatic hydroxyl groups is 1. The highest BCUT2D eigenvalue weighted by molar-refractivity contribution is 5.93. The molecular formula is C10H8FNO3. The Hall–Kier alpha value is -1.93. The van der Waals surface area contributed by atoms with E-state index in [0.29, 0.717) is 0 Å². The molecule has 0 saturated carbocycles. The van der Waals surface area contributed by atoms with Crippen LogP contribution in [0.4, 0.5) is 4.39 Å². The Kier molecular flexibility index (Phi) is 3.37. The van der Waals surface area contributed by atoms with E-state index in [0.717, 1.165) is 19.2 Å². The second-order valence-corrected chi connectivity index (χ2v) is 2.75. The van der Waals surface area contributed by atoms with E-state index in [1.165, 1.54) is 0 Å². The molecule has 0 aromatic heterocycles. The molecule has 0 atom stereocenters. The average Bonchev–Trinajstić information content (AvgIpc) is 2.26. The van der Waals surface area contributed by atoms with Gasteiger partial charge in [-0.1, -0.05) is 0 Å². The molecule has 0 unspecified atom stereocenters. The van der Waals surface area contributed by atoms with Gasteiger partial charge < -0.3 is 9.84 Å². The first-order valence-electron chi connectivity index (χ1n) is 4.05. The van der Waals surface area contributed by atoms with Gasteiger partial charge in [-0.15, -0.1) is 0 Å². The second-order valence-electron chi connectivity index (χ2n) is 2.75. The number of carbonyl (C=O) groups excluding carboxylic acids is 1. The van der Waals surface area contributed by atoms with Gasteiger partial charge in [0.15, 0.2) is 0 Å². The molecule has 0 saturated heterocycles. The highest BCUT2D eigenvalue weighted by Crippen LogP contribution is 2.17. The highest BCUT2D eigenvalue weighted by Gasteiger charge is 2.18. The molecule has 0 amide bonds. The van der Waals surface area contributed by atoms with Crippen molar-refractivity contribution in [3.8, 4) is 6.07 Å². The summed E-state index contributed by atoms with van der Waals surface area (Å²) in [6.07, 6.45) is 0. The van der Waals surface area contributed by atoms with E-state index < -0.39 is 18.4 Å². The standard InChI is InChI=1S/C10H8FNO3/c1-15-10(14)9-6(4-12)2-8(11)3-7(9)5-13/h2-3,13H,5H2,1H3. The molecule has 15 heavy (non-hydrogen) atoms. The van der Waals surface area contributed by atoms with Crippen LogP contribution < -0.4 is 0 Å². The molecule has 0 bridgehead atoms. The lowest BCUT2D eigenvalue weighted by Gasteiger charge is -2.07. The molecule has 1 aromatic carbocycles. The Morgan fingerprint density at radius 1 is 1.67 bits per heavy atom. The number of esters is 1. The number of hydrogen-bond acceptors (Lipinski definition) is 4. The normalized spacial score (nSPS) is 9.47. The van der Waals surface area contributed by atoms with Crippen LogP contribution >= 0.6 is 0 Å². The molecule has 1 aromatic rings. The van der Waals surface area contributed by atoms with Crippen LogP contribution in [0.2, 0.25) is 0 Å². The van der Waals surface area contributed by atoms with Gasteiger partial charge in [0, 0.05) is 0 Å². The van der Waals surface area contributed by atoms with Crippen molar-refractivity contribution in [1.82, 2.24) is 0 Å². The SMILES string of the molecule is COC(=O)c1c(C#N)cc(F)cc1CO. The van der Waals surface area contributed by atoms with Gasteiger partial charge in [0.2, 0.25) is 0 Å². The number of hydrogen-bond donors (Lipinski definition) is 1. The Bertz CT molecular complexity index is 437. The zero-order chi connectivity index (χ0) is 11.4. The van der Waals surface area contributed by atoms with Crippen molar-refractivity contribution in [1.29, 1.82) is 5.26 Å². The van der Waals surface area contributed by atoms with Crippen LogP contribution in [-0.4, -0.2) is 18.2 Å². The average molecular weight is 209 g/mol. The Morgan fingerprint density at radius 2 is 2.33 bits per heavy atom. The maximum absolute atomic E-state index is 12.9. The molecular weight excluding hydrogens is 201 g/mol. The van der Waals surface area contributed by atoms with Crippen molar-refractivity contribution in [2.24, 2.45) is 0 Å². The number of rotatable bonds is 2. The second kappa shape index (κ2) is 4.53. The molecule has 0 radical (unpaired) electrons. The molecule has 0 spiro atoms. The predicted molar refractivity (Wildman–Crippen MR) is 48.4 cm³/mol. The number of halogens is 1. The molecule has 0 heterocycles. The first kappa shape index (κ1) is 11.1. The summed E-state index contributed by atoms with van der Waals surface area (Å²) < 4.78 is 17.4. The van der Waals surface area contributed by atoms with Crippen molar-refractivity contribution in [2.75, 3.05) is 7.11 Å². The van der Waals surface area contributed by atoms with E-state index >= 15 is 0 Å². The number of ether oxygens (including phenoxy) is 1. The molecule has 0 aliphatic rings. The van der Waals surface area contributed by atoms with Gasteiger partial charge in [-0.2, -0.15) is 5.26 Å². The minimum absolute atomic E-state index is 0.0402. The number of benzene rings is 1. The lowest BCUT2D eigenvalue weighted by molar-refractivity contribution is 0.0596. The van der Waals surface area contributed by atoms with Crippen LogP contribution in [0.25, 0.3) is 0 Å². The summed E-state index contributed by atoms with van der Waals surface area (Å²) in [6.45, 7) is -0.531. The van der Waals surface area contributed by atoms with Gasteiger partial charge in [0.25, 0.3) is 0 Å². The molecule has 5 heteroatoms. The van der Waals surface area contributed by atoms with Gasteiger partial charge >= 0.3 is 5.97 Å². The topological polar surface area (TPSA) is 70.3 Å². The first-order chi connectivity index (χ1) is 7.13. The number of nitrogens with zero attached hydrogens (tertiary/aromatic N) is 1. The fraction of sp³-hybridized carbons (Fsp3) is 0.200. The first-order valence-corrected chi connectivity index (χ1v) is 4.05. The van der Waals surface area contributed by atoms with Gasteiger partial charge in [-0.05, 0) is 17.7 Å². The van der Waals surface area contributed by atoms with Crippen LogP contribution in [0.5, 0.6) is 0 Å². The molecule has 1 rings (SSSR count). The van der Waals surface area contributed by atoms with Gasteiger partial charge in [0.1, 0.15) is 11.9 Å². The Labute approximate surface area is 85.5 Å². The van der Waals surface area contributed by atoms with Crippen molar-refractivity contribution in [3.63, 3.8) is 0 Å². The van der Waals surface area contributed by atoms with Gasteiger partial charge in [0.05, 0.1) is 24.8 Å². The largest absolute Gasteiger partial charge is 0.465 e. The van der Waals surface area contributed by atoms with E-state index in [2.05, 4.69) is 4.74 Å². The Balaban J connectivity index is 3.45. The molecule has 4 nitrogen and oxygen atoms in total. The quantitative estimate of drug-likeness (QED) is 0.737. The monoisotopic (exact) mass is 209 g/mol. The third kappa shape index (κ3) is 2.11. The number of carbonyl (C=O) groups is 1. The summed E-state index contributed by atoms with van der Waals surface area (Å²) in [5, 5.41) is 17.6. The minimum atomic E-state index is -0.768. The fourth-order valence-electron chi connectivity index (χ4n) is 1.22. The van der Waals surface area contributed by atoms with Crippen LogP contribution in [0.3, 0.4) is 0 Å². The van der Waals surface area contributed by atoms with Crippen molar-refractivity contribution in [2.45, 2.75) is 6.61 Å². The molecule has 0 fully saturated rings. The lowest BCUT2D eigenvalue weighted by atomic mass is 10.0. The minimum Gasteiger partial charge on any atom is -0.465 e. The van der Waals surface area contributed by atoms with Crippen LogP contribution in [0.15, 0.2) is 12.1 Å². The maximum Gasteiger partial charge on any atom is 0.339 e. The molecule has 78 valence electrons. The summed E-state index contributed by atoms with van der Waals surface area (Å²) in [5.41, 5.74) is -0.201. The van der Waals surface area contributed by atoms with E-state index in [4.69, 9.17) is 10.4 Å². The molecule has 0 aliphatic carbocycles. The summed E-state index contributed by atoms with van der Waals surface area (Å²) in [5.74, 6) is -1.45. The van der Waals surface area contributed by atoms with Gasteiger partial charge in [-0.3, -0.25) is 0 Å². The molecule has 0 aliphatic heterocycles. The highest BCUT2D eigenvalue weighted by atomic mass is 19.1.